The van der Waals surface area contributed by atoms with Crippen LogP contribution in [0.2, 0.25) is 0 Å². The van der Waals surface area contributed by atoms with Crippen LogP contribution in [0.5, 0.6) is 0 Å². The summed E-state index contributed by atoms with van der Waals surface area (Å²) < 4.78 is 168. The SMILES string of the molecule is [2H]c1c([2H])c([2H])c(N(c2ccc3oc4c5ccccc5c(-c5ccccc5)cc4c3c2)c2c([2H])c([2H])c(-c3c([2H])c4c([2H])c([2H])c([2H])c([2H])c4c4c([2H])c([2H])c([2H])c([2H])c34)c([2H])c2[2H])c([2H])c1[2H]. The maximum atomic E-state index is 9.63. The Morgan fingerprint density at radius 2 is 1.10 bits per heavy atom. The molecule has 0 radical (unpaired) electrons. The molecule has 2 heteroatoms. The molecular formula is C48H31NO. The predicted molar refractivity (Wildman–Crippen MR) is 212 cm³/mol. The molecule has 234 valence electrons. The number of hydrogen-bond acceptors (Lipinski definition) is 2. The molecule has 1 aromatic heterocycles. The highest BCUT2D eigenvalue weighted by Gasteiger charge is 2.19. The first-order chi connectivity index (χ1) is 32.3. The topological polar surface area (TPSA) is 16.4 Å². The fraction of sp³-hybridized carbons (Fsp3) is 0. The van der Waals surface area contributed by atoms with E-state index in [0.29, 0.717) is 21.9 Å². The van der Waals surface area contributed by atoms with Gasteiger partial charge in [-0.25, -0.2) is 0 Å². The second kappa shape index (κ2) is 11.5. The van der Waals surface area contributed by atoms with E-state index >= 15 is 0 Å². The predicted octanol–water partition coefficient (Wildman–Crippen LogP) is 13.8. The first kappa shape index (κ1) is 15.7. The molecule has 0 aliphatic rings. The summed E-state index contributed by atoms with van der Waals surface area (Å²) in [5.41, 5.74) is 0.368. The summed E-state index contributed by atoms with van der Waals surface area (Å²) in [4.78, 5) is 1.03. The molecule has 0 spiro atoms. The molecule has 2 nitrogen and oxygen atoms in total. The summed E-state index contributed by atoms with van der Waals surface area (Å²) in [6.07, 6.45) is 0. The van der Waals surface area contributed by atoms with Crippen molar-refractivity contribution in [2.24, 2.45) is 0 Å². The Hall–Kier alpha value is -6.64. The average Bonchev–Trinajstić information content (AvgIpc) is 3.72. The Morgan fingerprint density at radius 1 is 0.420 bits per heavy atom. The molecule has 1 heterocycles. The number of rotatable bonds is 5. The molecule has 0 unspecified atom stereocenters. The molecular weight excluding hydrogens is 607 g/mol. The summed E-state index contributed by atoms with van der Waals surface area (Å²) in [6, 6.07) is 9.93. The minimum absolute atomic E-state index is 0.0316. The van der Waals surface area contributed by atoms with Crippen molar-refractivity contribution in [1.29, 1.82) is 0 Å². The molecule has 0 aliphatic carbocycles. The van der Waals surface area contributed by atoms with E-state index in [-0.39, 0.29) is 5.69 Å². The van der Waals surface area contributed by atoms with E-state index in [1.807, 2.05) is 60.7 Å². The molecule has 0 aliphatic heterocycles. The van der Waals surface area contributed by atoms with E-state index in [0.717, 1.165) is 26.8 Å². The van der Waals surface area contributed by atoms with Gasteiger partial charge in [0.15, 0.2) is 0 Å². The Labute approximate surface area is 315 Å². The van der Waals surface area contributed by atoms with Gasteiger partial charge < -0.3 is 9.32 Å². The average molecular weight is 656 g/mol. The summed E-state index contributed by atoms with van der Waals surface area (Å²) in [7, 11) is 0. The van der Waals surface area contributed by atoms with Crippen molar-refractivity contribution in [3.8, 4) is 22.3 Å². The van der Waals surface area contributed by atoms with Crippen molar-refractivity contribution in [1.82, 2.24) is 0 Å². The van der Waals surface area contributed by atoms with Crippen molar-refractivity contribution in [2.45, 2.75) is 0 Å². The lowest BCUT2D eigenvalue weighted by molar-refractivity contribution is 0.672. The van der Waals surface area contributed by atoms with Crippen LogP contribution >= 0.6 is 0 Å². The lowest BCUT2D eigenvalue weighted by Gasteiger charge is -2.26. The van der Waals surface area contributed by atoms with Gasteiger partial charge in [-0.2, -0.15) is 0 Å². The Balaban J connectivity index is 1.32. The maximum absolute atomic E-state index is 9.63. The molecule has 10 aromatic rings. The molecule has 0 bridgehead atoms. The summed E-state index contributed by atoms with van der Waals surface area (Å²) in [5, 5.41) is 0.985. The number of anilines is 3. The number of para-hydroxylation sites is 1. The quantitative estimate of drug-likeness (QED) is 0.172. The third kappa shape index (κ3) is 4.57. The highest BCUT2D eigenvalue weighted by atomic mass is 16.3. The van der Waals surface area contributed by atoms with Crippen molar-refractivity contribution in [2.75, 3.05) is 4.90 Å². The van der Waals surface area contributed by atoms with Crippen LogP contribution in [0, 0.1) is 0 Å². The van der Waals surface area contributed by atoms with E-state index in [2.05, 4.69) is 0 Å². The van der Waals surface area contributed by atoms with Gasteiger partial charge in [0.2, 0.25) is 0 Å². The van der Waals surface area contributed by atoms with Crippen molar-refractivity contribution in [3.05, 3.63) is 188 Å². The van der Waals surface area contributed by atoms with Crippen LogP contribution < -0.4 is 4.90 Å². The van der Waals surface area contributed by atoms with Crippen LogP contribution in [-0.2, 0) is 0 Å². The second-order valence-corrected chi connectivity index (χ2v) is 11.5. The van der Waals surface area contributed by atoms with E-state index in [9.17, 15) is 6.85 Å². The molecule has 50 heavy (non-hydrogen) atoms. The minimum Gasteiger partial charge on any atom is -0.455 e. The third-order valence-corrected chi connectivity index (χ3v) is 8.72. The number of fused-ring (bicyclic) bond motifs is 8. The smallest absolute Gasteiger partial charge is 0.143 e. The highest BCUT2D eigenvalue weighted by molar-refractivity contribution is 6.19. The number of nitrogens with zero attached hydrogens (tertiary/aromatic N) is 1. The van der Waals surface area contributed by atoms with Crippen LogP contribution in [0.25, 0.3) is 76.5 Å². The Bertz CT molecular complexity index is 3850. The minimum atomic E-state index is -0.880. The third-order valence-electron chi connectivity index (χ3n) is 8.72. The fourth-order valence-corrected chi connectivity index (χ4v) is 6.51. The van der Waals surface area contributed by atoms with E-state index in [1.165, 1.54) is 6.07 Å². The molecule has 0 amide bonds. The molecule has 0 N–H and O–H groups in total. The molecule has 0 atom stereocenters. The van der Waals surface area contributed by atoms with Gasteiger partial charge in [0.05, 0.1) is 24.7 Å². The molecule has 0 fully saturated rings. The maximum Gasteiger partial charge on any atom is 0.143 e. The first-order valence-corrected chi connectivity index (χ1v) is 15.6. The van der Waals surface area contributed by atoms with Gasteiger partial charge in [-0.05, 0) is 104 Å². The molecule has 0 saturated carbocycles. The number of hydrogen-bond donors (Lipinski definition) is 0. The molecule has 10 rings (SSSR count). The van der Waals surface area contributed by atoms with E-state index < -0.39 is 153 Å². The Kier molecular flexibility index (Phi) is 3.62. The highest BCUT2D eigenvalue weighted by Crippen LogP contribution is 2.43. The van der Waals surface area contributed by atoms with Gasteiger partial charge in [0.1, 0.15) is 11.2 Å². The zero-order chi connectivity index (χ0) is 48.7. The zero-order valence-corrected chi connectivity index (χ0v) is 25.9. The van der Waals surface area contributed by atoms with Gasteiger partial charge in [0.25, 0.3) is 0 Å². The van der Waals surface area contributed by atoms with Crippen LogP contribution in [-0.4, -0.2) is 0 Å². The van der Waals surface area contributed by atoms with Crippen molar-refractivity contribution in [3.63, 3.8) is 0 Å². The number of benzene rings is 9. The monoisotopic (exact) mass is 655 g/mol. The second-order valence-electron chi connectivity index (χ2n) is 11.5. The van der Waals surface area contributed by atoms with Gasteiger partial charge in [-0.1, -0.05) is 133 Å². The summed E-state index contributed by atoms with van der Waals surface area (Å²) in [5.74, 6) is 0. The summed E-state index contributed by atoms with van der Waals surface area (Å²) in [6.45, 7) is 0. The normalized spacial score (nSPS) is 16.6. The Morgan fingerprint density at radius 3 is 1.92 bits per heavy atom. The van der Waals surface area contributed by atoms with Crippen molar-refractivity contribution >= 4 is 71.3 Å². The molecule has 9 aromatic carbocycles. The zero-order valence-electron chi connectivity index (χ0n) is 43.9. The standard InChI is InChI=1S/C48H31NO/c1-3-13-32(14-4-1)44-31-46-45-30-37(27-28-47(45)50-48(46)42-22-12-11-21-41(42)44)49(35-16-5-2-6-17-35)36-25-23-33(24-26-36)43-29-34-15-7-8-18-38(34)39-19-9-10-20-40(39)43/h1-31H/i2D,5D,6D,7D,8D,9D,10D,15D,16D,17D,18D,19D,20D,23D,24D,25D,26D,29D. The van der Waals surface area contributed by atoms with Gasteiger partial charge in [-0.15, -0.1) is 0 Å². The fourth-order valence-electron chi connectivity index (χ4n) is 6.51. The van der Waals surface area contributed by atoms with Crippen molar-refractivity contribution < 1.29 is 29.1 Å². The number of furan rings is 1. The van der Waals surface area contributed by atoms with Gasteiger partial charge in [-0.3, -0.25) is 0 Å². The van der Waals surface area contributed by atoms with Crippen LogP contribution in [0.3, 0.4) is 0 Å². The lowest BCUT2D eigenvalue weighted by atomic mass is 9.93. The van der Waals surface area contributed by atoms with E-state index in [1.54, 1.807) is 12.1 Å². The summed E-state index contributed by atoms with van der Waals surface area (Å²) >= 11 is 0. The van der Waals surface area contributed by atoms with E-state index in [4.69, 9.17) is 22.2 Å². The van der Waals surface area contributed by atoms with Gasteiger partial charge in [0, 0.05) is 33.2 Å². The first-order valence-electron chi connectivity index (χ1n) is 24.6. The lowest BCUT2D eigenvalue weighted by Crippen LogP contribution is -2.09. The van der Waals surface area contributed by atoms with Crippen LogP contribution in [0.4, 0.5) is 17.1 Å². The van der Waals surface area contributed by atoms with Crippen LogP contribution in [0.1, 0.15) is 24.7 Å². The largest absolute Gasteiger partial charge is 0.455 e. The molecule has 0 saturated heterocycles. The van der Waals surface area contributed by atoms with Crippen LogP contribution in [0.15, 0.2) is 192 Å². The van der Waals surface area contributed by atoms with Gasteiger partial charge >= 0.3 is 0 Å².